The maximum absolute atomic E-state index is 12.6. The highest BCUT2D eigenvalue weighted by molar-refractivity contribution is 6.33. The summed E-state index contributed by atoms with van der Waals surface area (Å²) in [5.74, 6) is 0.428. The summed E-state index contributed by atoms with van der Waals surface area (Å²) in [4.78, 5) is 15.9. The Kier molecular flexibility index (Phi) is 6.00. The second-order valence-electron chi connectivity index (χ2n) is 5.88. The van der Waals surface area contributed by atoms with Crippen molar-refractivity contribution in [2.45, 2.75) is 6.18 Å². The van der Waals surface area contributed by atoms with Crippen LogP contribution in [0.15, 0.2) is 36.0 Å². The Hall–Kier alpha value is -2.45. The van der Waals surface area contributed by atoms with E-state index in [9.17, 15) is 18.0 Å². The summed E-state index contributed by atoms with van der Waals surface area (Å²) < 4.78 is 43.3. The molecule has 0 fully saturated rings. The molecular weight excluding hydrogens is 418 g/mol. The Labute approximate surface area is 168 Å². The van der Waals surface area contributed by atoms with Gasteiger partial charge >= 0.3 is 6.18 Å². The number of pyridine rings is 1. The van der Waals surface area contributed by atoms with E-state index in [2.05, 4.69) is 15.6 Å². The molecule has 148 valence electrons. The SMILES string of the molecule is O=C(NCCNc1ncc(C(F)(F)F)cc1Cl)C1=Cc2cc(Cl)ccc2OC1. The van der Waals surface area contributed by atoms with Gasteiger partial charge in [-0.1, -0.05) is 23.2 Å². The van der Waals surface area contributed by atoms with Crippen molar-refractivity contribution in [3.8, 4) is 5.75 Å². The largest absolute Gasteiger partial charge is 0.488 e. The lowest BCUT2D eigenvalue weighted by atomic mass is 10.1. The van der Waals surface area contributed by atoms with Crippen molar-refractivity contribution in [3.05, 3.63) is 57.2 Å². The zero-order valence-electron chi connectivity index (χ0n) is 14.2. The molecule has 1 aromatic heterocycles. The number of aromatic nitrogens is 1. The zero-order valence-corrected chi connectivity index (χ0v) is 15.8. The molecule has 0 bridgehead atoms. The number of ether oxygens (including phenoxy) is 1. The van der Waals surface area contributed by atoms with Crippen LogP contribution in [-0.2, 0) is 11.0 Å². The minimum Gasteiger partial charge on any atom is -0.488 e. The van der Waals surface area contributed by atoms with Gasteiger partial charge in [-0.15, -0.1) is 0 Å². The molecule has 1 aliphatic rings. The molecule has 0 saturated carbocycles. The van der Waals surface area contributed by atoms with Crippen LogP contribution in [0.5, 0.6) is 5.75 Å². The monoisotopic (exact) mass is 431 g/mol. The lowest BCUT2D eigenvalue weighted by Gasteiger charge is -2.18. The molecule has 0 radical (unpaired) electrons. The van der Waals surface area contributed by atoms with Gasteiger partial charge in [0.05, 0.1) is 16.2 Å². The molecule has 10 heteroatoms. The molecule has 2 heterocycles. The highest BCUT2D eigenvalue weighted by atomic mass is 35.5. The van der Waals surface area contributed by atoms with Crippen LogP contribution in [0.25, 0.3) is 6.08 Å². The van der Waals surface area contributed by atoms with E-state index in [-0.39, 0.29) is 36.4 Å². The van der Waals surface area contributed by atoms with Gasteiger partial charge in [0.1, 0.15) is 18.2 Å². The third-order valence-electron chi connectivity index (χ3n) is 3.85. The molecule has 0 aliphatic carbocycles. The van der Waals surface area contributed by atoms with E-state index in [1.807, 2.05) is 0 Å². The summed E-state index contributed by atoms with van der Waals surface area (Å²) in [6, 6.07) is 5.92. The summed E-state index contributed by atoms with van der Waals surface area (Å²) in [5, 5.41) is 5.85. The second kappa shape index (κ2) is 8.28. The van der Waals surface area contributed by atoms with E-state index in [0.717, 1.165) is 6.07 Å². The number of nitrogens with zero attached hydrogens (tertiary/aromatic N) is 1. The molecule has 1 aliphatic heterocycles. The molecule has 5 nitrogen and oxygen atoms in total. The highest BCUT2D eigenvalue weighted by Crippen LogP contribution is 2.32. The van der Waals surface area contributed by atoms with Gasteiger partial charge in [0, 0.05) is 29.9 Å². The number of fused-ring (bicyclic) bond motifs is 1. The van der Waals surface area contributed by atoms with Crippen molar-refractivity contribution in [2.75, 3.05) is 25.0 Å². The normalized spacial score (nSPS) is 13.2. The Morgan fingerprint density at radius 2 is 2.00 bits per heavy atom. The maximum Gasteiger partial charge on any atom is 0.417 e. The van der Waals surface area contributed by atoms with Crippen molar-refractivity contribution in [2.24, 2.45) is 0 Å². The number of alkyl halides is 3. The fourth-order valence-corrected chi connectivity index (χ4v) is 2.89. The molecule has 2 aromatic rings. The number of benzene rings is 1. The van der Waals surface area contributed by atoms with Gasteiger partial charge in [-0.05, 0) is 30.3 Å². The quantitative estimate of drug-likeness (QED) is 0.688. The third kappa shape index (κ3) is 4.88. The van der Waals surface area contributed by atoms with Gasteiger partial charge in [-0.25, -0.2) is 4.98 Å². The van der Waals surface area contributed by atoms with E-state index < -0.39 is 11.7 Å². The summed E-state index contributed by atoms with van der Waals surface area (Å²) in [6.07, 6.45) is -2.12. The number of halogens is 5. The Bertz CT molecular complexity index is 933. The fraction of sp³-hybridized carbons (Fsp3) is 0.222. The minimum atomic E-state index is -4.51. The van der Waals surface area contributed by atoms with Gasteiger partial charge in [0.2, 0.25) is 0 Å². The standard InChI is InChI=1S/C18H14Cl2F3N3O2/c19-13-1-2-15-10(6-13)5-11(9-28-15)17(27)25-4-3-24-16-14(20)7-12(8-26-16)18(21,22)23/h1-2,5-8H,3-4,9H2,(H,24,26)(H,25,27). The molecular formula is C18H14Cl2F3N3O2. The first-order valence-electron chi connectivity index (χ1n) is 8.12. The van der Waals surface area contributed by atoms with Crippen LogP contribution in [0.3, 0.4) is 0 Å². The molecule has 2 N–H and O–H groups in total. The molecule has 0 spiro atoms. The number of carbonyl (C=O) groups is 1. The minimum absolute atomic E-state index is 0.104. The van der Waals surface area contributed by atoms with Crippen LogP contribution < -0.4 is 15.4 Å². The first-order chi connectivity index (χ1) is 13.2. The topological polar surface area (TPSA) is 63.2 Å². The van der Waals surface area contributed by atoms with Gasteiger partial charge in [0.25, 0.3) is 5.91 Å². The number of hydrogen-bond acceptors (Lipinski definition) is 4. The summed E-state index contributed by atoms with van der Waals surface area (Å²) in [6.45, 7) is 0.554. The van der Waals surface area contributed by atoms with Crippen LogP contribution in [0.1, 0.15) is 11.1 Å². The Morgan fingerprint density at radius 1 is 1.21 bits per heavy atom. The van der Waals surface area contributed by atoms with Crippen molar-refractivity contribution in [1.82, 2.24) is 10.3 Å². The predicted octanol–water partition coefficient (Wildman–Crippen LogP) is 4.41. The number of nitrogens with one attached hydrogen (secondary N) is 2. The van der Waals surface area contributed by atoms with Crippen LogP contribution in [0.2, 0.25) is 10.0 Å². The summed E-state index contributed by atoms with van der Waals surface area (Å²) in [5.41, 5.74) is 0.212. The van der Waals surface area contributed by atoms with Crippen LogP contribution in [-0.4, -0.2) is 30.6 Å². The maximum atomic E-state index is 12.6. The van der Waals surface area contributed by atoms with E-state index in [0.29, 0.717) is 28.1 Å². The van der Waals surface area contributed by atoms with Crippen molar-refractivity contribution in [3.63, 3.8) is 0 Å². The fourth-order valence-electron chi connectivity index (χ4n) is 2.47. The summed E-state index contributed by atoms with van der Waals surface area (Å²) >= 11 is 11.7. The molecule has 1 amide bonds. The van der Waals surface area contributed by atoms with Crippen LogP contribution in [0.4, 0.5) is 19.0 Å². The zero-order chi connectivity index (χ0) is 20.3. The smallest absolute Gasteiger partial charge is 0.417 e. The van der Waals surface area contributed by atoms with Crippen molar-refractivity contribution in [1.29, 1.82) is 0 Å². The van der Waals surface area contributed by atoms with Crippen molar-refractivity contribution < 1.29 is 22.7 Å². The lowest BCUT2D eigenvalue weighted by Crippen LogP contribution is -2.32. The van der Waals surface area contributed by atoms with Gasteiger partial charge in [-0.2, -0.15) is 13.2 Å². The van der Waals surface area contributed by atoms with Crippen LogP contribution >= 0.6 is 23.2 Å². The number of anilines is 1. The molecule has 1 aromatic carbocycles. The lowest BCUT2D eigenvalue weighted by molar-refractivity contribution is -0.137. The van der Waals surface area contributed by atoms with E-state index in [1.54, 1.807) is 24.3 Å². The van der Waals surface area contributed by atoms with E-state index in [4.69, 9.17) is 27.9 Å². The first-order valence-corrected chi connectivity index (χ1v) is 8.87. The number of carbonyl (C=O) groups excluding carboxylic acids is 1. The summed E-state index contributed by atoms with van der Waals surface area (Å²) in [7, 11) is 0. The van der Waals surface area contributed by atoms with Gasteiger partial charge in [0.15, 0.2) is 0 Å². The molecule has 3 rings (SSSR count). The van der Waals surface area contributed by atoms with E-state index in [1.165, 1.54) is 0 Å². The highest BCUT2D eigenvalue weighted by Gasteiger charge is 2.31. The van der Waals surface area contributed by atoms with Crippen LogP contribution in [0, 0.1) is 0 Å². The molecule has 0 unspecified atom stereocenters. The van der Waals surface area contributed by atoms with Gasteiger partial charge in [-0.3, -0.25) is 4.79 Å². The number of rotatable bonds is 5. The third-order valence-corrected chi connectivity index (χ3v) is 4.37. The van der Waals surface area contributed by atoms with E-state index >= 15 is 0 Å². The molecule has 0 saturated heterocycles. The first kappa shape index (κ1) is 20.3. The number of hydrogen-bond donors (Lipinski definition) is 2. The van der Waals surface area contributed by atoms with Gasteiger partial charge < -0.3 is 15.4 Å². The number of amides is 1. The molecule has 0 atom stereocenters. The average molecular weight is 432 g/mol. The Morgan fingerprint density at radius 3 is 2.71 bits per heavy atom. The second-order valence-corrected chi connectivity index (χ2v) is 6.72. The average Bonchev–Trinajstić information content (AvgIpc) is 2.64. The van der Waals surface area contributed by atoms with Crippen molar-refractivity contribution >= 4 is 41.0 Å². The predicted molar refractivity (Wildman–Crippen MR) is 101 cm³/mol. The molecule has 28 heavy (non-hydrogen) atoms. The Balaban J connectivity index is 1.53.